The zero-order chi connectivity index (χ0) is 14.0. The van der Waals surface area contributed by atoms with Gasteiger partial charge in [0.15, 0.2) is 0 Å². The van der Waals surface area contributed by atoms with E-state index in [2.05, 4.69) is 15.0 Å². The number of sulfonamides is 1. The fraction of sp³-hybridized carbons (Fsp3) is 0.556. The molecular weight excluding hydrogens is 274 g/mol. The van der Waals surface area contributed by atoms with Gasteiger partial charge in [-0.2, -0.15) is 0 Å². The van der Waals surface area contributed by atoms with Crippen molar-refractivity contribution in [2.75, 3.05) is 6.54 Å². The molecule has 0 radical (unpaired) electrons. The molecule has 0 fully saturated rings. The Balaban J connectivity index is 2.00. The first-order valence-corrected chi connectivity index (χ1v) is 7.15. The normalized spacial score (nSPS) is 20.8. The molecule has 1 aliphatic rings. The lowest BCUT2D eigenvalue weighted by Crippen LogP contribution is -2.51. The van der Waals surface area contributed by atoms with Crippen LogP contribution in [0.1, 0.15) is 5.82 Å². The van der Waals surface area contributed by atoms with Crippen molar-refractivity contribution in [1.29, 1.82) is 0 Å². The number of imidazole rings is 1. The van der Waals surface area contributed by atoms with E-state index in [1.165, 1.54) is 0 Å². The quantitative estimate of drug-likeness (QED) is 0.475. The molecule has 1 unspecified atom stereocenters. The minimum absolute atomic E-state index is 0.213. The number of nitrogens with zero attached hydrogens (tertiary/aromatic N) is 2. The molecule has 0 aliphatic carbocycles. The van der Waals surface area contributed by atoms with Gasteiger partial charge in [-0.25, -0.2) is 18.1 Å². The lowest BCUT2D eigenvalue weighted by atomic mass is 10.3. The van der Waals surface area contributed by atoms with Gasteiger partial charge in [0.1, 0.15) is 17.2 Å². The van der Waals surface area contributed by atoms with Gasteiger partial charge in [-0.15, -0.1) is 0 Å². The van der Waals surface area contributed by atoms with E-state index in [9.17, 15) is 13.2 Å². The molecule has 1 aromatic heterocycles. The van der Waals surface area contributed by atoms with E-state index >= 15 is 0 Å². The van der Waals surface area contributed by atoms with Crippen LogP contribution in [0, 0.1) is 0 Å². The van der Waals surface area contributed by atoms with Crippen molar-refractivity contribution in [3.63, 3.8) is 0 Å². The van der Waals surface area contributed by atoms with E-state index in [0.29, 0.717) is 12.5 Å². The minimum atomic E-state index is -3.69. The molecule has 19 heavy (non-hydrogen) atoms. The van der Waals surface area contributed by atoms with Crippen molar-refractivity contribution in [2.45, 2.75) is 24.5 Å². The van der Waals surface area contributed by atoms with Crippen LogP contribution in [0.2, 0.25) is 0 Å². The van der Waals surface area contributed by atoms with E-state index in [1.54, 1.807) is 17.0 Å². The van der Waals surface area contributed by atoms with Gasteiger partial charge < -0.3 is 15.4 Å². The van der Waals surface area contributed by atoms with Crippen LogP contribution in [0.15, 0.2) is 12.4 Å². The van der Waals surface area contributed by atoms with E-state index < -0.39 is 27.4 Å². The standard InChI is InChI=1S/C9H15N5O4S/c10-6(9(15)16)4-13-19(17,18)8-3-7-11-1-2-14(7)5-12-8/h1-2,6,8,12-13H,3-5,10H2,(H,15,16)/t6-,8?/m0/s1. The van der Waals surface area contributed by atoms with Gasteiger partial charge in [-0.05, 0) is 0 Å². The predicted octanol–water partition coefficient (Wildman–Crippen LogP) is -2.36. The summed E-state index contributed by atoms with van der Waals surface area (Å²) in [5, 5.41) is 10.6. The molecular formula is C9H15N5O4S. The Morgan fingerprint density at radius 1 is 1.74 bits per heavy atom. The highest BCUT2D eigenvalue weighted by Gasteiger charge is 2.30. The maximum Gasteiger partial charge on any atom is 0.321 e. The number of rotatable bonds is 5. The second-order valence-electron chi connectivity index (χ2n) is 4.21. The Morgan fingerprint density at radius 3 is 3.16 bits per heavy atom. The summed E-state index contributed by atoms with van der Waals surface area (Å²) in [6, 6.07) is -1.26. The zero-order valence-electron chi connectivity index (χ0n) is 9.98. The smallest absolute Gasteiger partial charge is 0.321 e. The number of aromatic nitrogens is 2. The van der Waals surface area contributed by atoms with Gasteiger partial charge in [0.25, 0.3) is 0 Å². The number of carbonyl (C=O) groups is 1. The van der Waals surface area contributed by atoms with Crippen LogP contribution in [0.3, 0.4) is 0 Å². The van der Waals surface area contributed by atoms with Crippen molar-refractivity contribution in [3.8, 4) is 0 Å². The molecule has 0 bridgehead atoms. The number of hydrogen-bond acceptors (Lipinski definition) is 6. The van der Waals surface area contributed by atoms with E-state index in [4.69, 9.17) is 10.8 Å². The SMILES string of the molecule is N[C@@H](CNS(=O)(=O)C1Cc2nccn2CN1)C(=O)O. The van der Waals surface area contributed by atoms with E-state index in [-0.39, 0.29) is 13.0 Å². The molecule has 0 saturated carbocycles. The number of fused-ring (bicyclic) bond motifs is 1. The molecule has 2 atom stereocenters. The molecule has 9 nitrogen and oxygen atoms in total. The molecule has 10 heteroatoms. The van der Waals surface area contributed by atoms with Gasteiger partial charge in [0, 0.05) is 25.4 Å². The highest BCUT2D eigenvalue weighted by Crippen LogP contribution is 2.11. The second kappa shape index (κ2) is 5.25. The summed E-state index contributed by atoms with van der Waals surface area (Å²) < 4.78 is 28.0. The van der Waals surface area contributed by atoms with Crippen molar-refractivity contribution < 1.29 is 18.3 Å². The third-order valence-electron chi connectivity index (χ3n) is 2.86. The third kappa shape index (κ3) is 3.10. The highest BCUT2D eigenvalue weighted by atomic mass is 32.2. The average molecular weight is 289 g/mol. The first-order chi connectivity index (χ1) is 8.90. The highest BCUT2D eigenvalue weighted by molar-refractivity contribution is 7.90. The van der Waals surface area contributed by atoms with Crippen LogP contribution in [0.25, 0.3) is 0 Å². The lowest BCUT2D eigenvalue weighted by Gasteiger charge is -2.25. The van der Waals surface area contributed by atoms with Crippen LogP contribution >= 0.6 is 0 Å². The fourth-order valence-electron chi connectivity index (χ4n) is 1.73. The Kier molecular flexibility index (Phi) is 3.85. The summed E-state index contributed by atoms with van der Waals surface area (Å²) in [4.78, 5) is 14.6. The van der Waals surface area contributed by atoms with Crippen LogP contribution < -0.4 is 15.8 Å². The van der Waals surface area contributed by atoms with Gasteiger partial charge in [0.2, 0.25) is 10.0 Å². The molecule has 0 saturated heterocycles. The monoisotopic (exact) mass is 289 g/mol. The van der Waals surface area contributed by atoms with Gasteiger partial charge >= 0.3 is 5.97 Å². The van der Waals surface area contributed by atoms with Crippen molar-refractivity contribution in [3.05, 3.63) is 18.2 Å². The zero-order valence-corrected chi connectivity index (χ0v) is 10.8. The molecule has 2 rings (SSSR count). The van der Waals surface area contributed by atoms with Crippen LogP contribution in [-0.4, -0.2) is 47.0 Å². The Morgan fingerprint density at radius 2 is 2.47 bits per heavy atom. The van der Waals surface area contributed by atoms with Crippen molar-refractivity contribution in [2.24, 2.45) is 5.73 Å². The van der Waals surface area contributed by atoms with E-state index in [0.717, 1.165) is 0 Å². The topological polar surface area (TPSA) is 139 Å². The summed E-state index contributed by atoms with van der Waals surface area (Å²) in [5.74, 6) is -0.591. The van der Waals surface area contributed by atoms with Crippen LogP contribution in [0.4, 0.5) is 0 Å². The number of hydrogen-bond donors (Lipinski definition) is 4. The maximum atomic E-state index is 12.0. The fourth-order valence-corrected chi connectivity index (χ4v) is 3.00. The lowest BCUT2D eigenvalue weighted by molar-refractivity contribution is -0.138. The van der Waals surface area contributed by atoms with Crippen LogP contribution in [0.5, 0.6) is 0 Å². The van der Waals surface area contributed by atoms with Crippen molar-refractivity contribution in [1.82, 2.24) is 19.6 Å². The second-order valence-corrected chi connectivity index (χ2v) is 6.15. The Bertz CT molecular complexity index is 569. The summed E-state index contributed by atoms with van der Waals surface area (Å²) in [6.45, 7) is -0.00379. The number of nitrogens with one attached hydrogen (secondary N) is 2. The number of carboxylic acid groups (broad SMARTS) is 1. The first-order valence-electron chi connectivity index (χ1n) is 5.60. The number of nitrogens with two attached hydrogens (primary N) is 1. The van der Waals surface area contributed by atoms with Gasteiger partial charge in [-0.1, -0.05) is 0 Å². The average Bonchev–Trinajstić information content (AvgIpc) is 2.82. The molecule has 106 valence electrons. The Hall–Kier alpha value is -1.49. The molecule has 5 N–H and O–H groups in total. The largest absolute Gasteiger partial charge is 0.480 e. The van der Waals surface area contributed by atoms with Gasteiger partial charge in [0.05, 0.1) is 6.67 Å². The molecule has 1 aromatic rings. The maximum absolute atomic E-state index is 12.0. The first kappa shape index (κ1) is 13.9. The van der Waals surface area contributed by atoms with Crippen LogP contribution in [-0.2, 0) is 27.9 Å². The predicted molar refractivity (Wildman–Crippen MR) is 65.4 cm³/mol. The molecule has 0 aromatic carbocycles. The third-order valence-corrected chi connectivity index (χ3v) is 4.51. The molecule has 2 heterocycles. The molecule has 1 aliphatic heterocycles. The van der Waals surface area contributed by atoms with Crippen molar-refractivity contribution >= 4 is 16.0 Å². The summed E-state index contributed by atoms with van der Waals surface area (Å²) >= 11 is 0. The van der Waals surface area contributed by atoms with E-state index in [1.807, 2.05) is 0 Å². The molecule has 0 spiro atoms. The minimum Gasteiger partial charge on any atom is -0.480 e. The summed E-state index contributed by atoms with van der Waals surface area (Å²) in [5.41, 5.74) is 5.25. The summed E-state index contributed by atoms with van der Waals surface area (Å²) in [6.07, 6.45) is 3.56. The summed E-state index contributed by atoms with van der Waals surface area (Å²) in [7, 11) is -3.69. The molecule has 0 amide bonds. The van der Waals surface area contributed by atoms with Gasteiger partial charge in [-0.3, -0.25) is 10.1 Å². The number of carboxylic acids is 1. The number of aliphatic carboxylic acids is 1. The Labute approximate surface area is 109 Å².